The second-order valence-corrected chi connectivity index (χ2v) is 5.49. The molecular weight excluding hydrogens is 246 g/mol. The first-order valence-electron chi connectivity index (χ1n) is 6.75. The summed E-state index contributed by atoms with van der Waals surface area (Å²) >= 11 is 6.14. The lowest BCUT2D eigenvalue weighted by atomic mass is 9.93. The van der Waals surface area contributed by atoms with Gasteiger partial charge < -0.3 is 5.32 Å². The van der Waals surface area contributed by atoms with E-state index in [1.807, 2.05) is 19.3 Å². The molecule has 18 heavy (non-hydrogen) atoms. The van der Waals surface area contributed by atoms with Crippen molar-refractivity contribution < 1.29 is 0 Å². The molecule has 1 fully saturated rings. The van der Waals surface area contributed by atoms with Crippen LogP contribution in [0.2, 0.25) is 5.02 Å². The molecular formula is C14H22ClN3. The van der Waals surface area contributed by atoms with Crippen LogP contribution in [0.4, 0.5) is 0 Å². The number of pyridine rings is 1. The topological polar surface area (TPSA) is 28.2 Å². The number of rotatable bonds is 5. The Morgan fingerprint density at radius 1 is 1.44 bits per heavy atom. The van der Waals surface area contributed by atoms with Crippen LogP contribution in [0.25, 0.3) is 0 Å². The van der Waals surface area contributed by atoms with Crippen molar-refractivity contribution >= 4 is 11.6 Å². The lowest BCUT2D eigenvalue weighted by molar-refractivity contribution is 0.172. The minimum Gasteiger partial charge on any atom is -0.320 e. The molecule has 0 radical (unpaired) electrons. The van der Waals surface area contributed by atoms with Crippen molar-refractivity contribution in [2.45, 2.75) is 25.8 Å². The standard InChI is InChI=1S/C14H22ClN3/c1-16-6-2-12-4-8-18(9-5-12)11-13-3-7-17-10-14(13)15/h3,7,10,12,16H,2,4-6,8-9,11H2,1H3. The van der Waals surface area contributed by atoms with Gasteiger partial charge in [-0.2, -0.15) is 0 Å². The Labute approximate surface area is 115 Å². The molecule has 0 bridgehead atoms. The zero-order valence-electron chi connectivity index (χ0n) is 11.0. The van der Waals surface area contributed by atoms with E-state index in [-0.39, 0.29) is 0 Å². The fraction of sp³-hybridized carbons (Fsp3) is 0.643. The van der Waals surface area contributed by atoms with Crippen molar-refractivity contribution in [3.05, 3.63) is 29.0 Å². The highest BCUT2D eigenvalue weighted by molar-refractivity contribution is 6.31. The van der Waals surface area contributed by atoms with E-state index in [2.05, 4.69) is 15.2 Å². The highest BCUT2D eigenvalue weighted by atomic mass is 35.5. The Hall–Kier alpha value is -0.640. The third-order valence-corrected chi connectivity index (χ3v) is 4.10. The Balaban J connectivity index is 1.78. The molecule has 1 aliphatic rings. The summed E-state index contributed by atoms with van der Waals surface area (Å²) in [6.07, 6.45) is 7.48. The highest BCUT2D eigenvalue weighted by Crippen LogP contribution is 2.23. The molecule has 0 aliphatic carbocycles. The maximum atomic E-state index is 6.14. The van der Waals surface area contributed by atoms with Gasteiger partial charge in [0.2, 0.25) is 0 Å². The molecule has 3 nitrogen and oxygen atoms in total. The van der Waals surface area contributed by atoms with Crippen molar-refractivity contribution in [1.29, 1.82) is 0 Å². The summed E-state index contributed by atoms with van der Waals surface area (Å²) in [7, 11) is 2.03. The first-order chi connectivity index (χ1) is 8.79. The van der Waals surface area contributed by atoms with Gasteiger partial charge in [0.05, 0.1) is 5.02 Å². The van der Waals surface area contributed by atoms with E-state index >= 15 is 0 Å². The monoisotopic (exact) mass is 267 g/mol. The van der Waals surface area contributed by atoms with Crippen molar-refractivity contribution in [2.24, 2.45) is 5.92 Å². The van der Waals surface area contributed by atoms with Gasteiger partial charge in [-0.15, -0.1) is 0 Å². The van der Waals surface area contributed by atoms with Crippen LogP contribution in [0.3, 0.4) is 0 Å². The third-order valence-electron chi connectivity index (χ3n) is 3.76. The molecule has 0 amide bonds. The van der Waals surface area contributed by atoms with Crippen LogP contribution in [0.15, 0.2) is 18.5 Å². The second kappa shape index (κ2) is 7.07. The number of hydrogen-bond donors (Lipinski definition) is 1. The average Bonchev–Trinajstić information content (AvgIpc) is 2.41. The second-order valence-electron chi connectivity index (χ2n) is 5.08. The van der Waals surface area contributed by atoms with E-state index in [1.165, 1.54) is 37.9 Å². The zero-order valence-corrected chi connectivity index (χ0v) is 11.8. The molecule has 0 unspecified atom stereocenters. The fourth-order valence-electron chi connectivity index (χ4n) is 2.55. The fourth-order valence-corrected chi connectivity index (χ4v) is 2.73. The van der Waals surface area contributed by atoms with E-state index in [1.54, 1.807) is 6.20 Å². The minimum atomic E-state index is 0.787. The van der Waals surface area contributed by atoms with E-state index in [9.17, 15) is 0 Å². The minimum absolute atomic E-state index is 0.787. The highest BCUT2D eigenvalue weighted by Gasteiger charge is 2.19. The van der Waals surface area contributed by atoms with Gasteiger partial charge in [0, 0.05) is 18.9 Å². The first-order valence-corrected chi connectivity index (χ1v) is 7.12. The summed E-state index contributed by atoms with van der Waals surface area (Å²) in [5.74, 6) is 0.890. The van der Waals surface area contributed by atoms with E-state index < -0.39 is 0 Å². The molecule has 0 atom stereocenters. The Kier molecular flexibility index (Phi) is 5.42. The van der Waals surface area contributed by atoms with Crippen molar-refractivity contribution in [2.75, 3.05) is 26.7 Å². The van der Waals surface area contributed by atoms with Crippen LogP contribution < -0.4 is 5.32 Å². The predicted octanol–water partition coefficient (Wildman–Crippen LogP) is 2.56. The quantitative estimate of drug-likeness (QED) is 0.889. The van der Waals surface area contributed by atoms with Gasteiger partial charge in [0.1, 0.15) is 0 Å². The predicted molar refractivity (Wildman–Crippen MR) is 75.8 cm³/mol. The number of hydrogen-bond acceptors (Lipinski definition) is 3. The molecule has 2 heterocycles. The van der Waals surface area contributed by atoms with E-state index in [0.717, 1.165) is 24.0 Å². The Morgan fingerprint density at radius 3 is 2.89 bits per heavy atom. The van der Waals surface area contributed by atoms with E-state index in [0.29, 0.717) is 0 Å². The molecule has 1 aromatic heterocycles. The van der Waals surface area contributed by atoms with Crippen LogP contribution in [0.1, 0.15) is 24.8 Å². The van der Waals surface area contributed by atoms with Crippen LogP contribution in [0.5, 0.6) is 0 Å². The van der Waals surface area contributed by atoms with Gasteiger partial charge in [0.25, 0.3) is 0 Å². The summed E-state index contributed by atoms with van der Waals surface area (Å²) in [5, 5.41) is 4.02. The van der Waals surface area contributed by atoms with Gasteiger partial charge in [-0.25, -0.2) is 0 Å². The number of likely N-dealkylation sites (tertiary alicyclic amines) is 1. The molecule has 1 saturated heterocycles. The zero-order chi connectivity index (χ0) is 12.8. The maximum absolute atomic E-state index is 6.14. The van der Waals surface area contributed by atoms with Crippen molar-refractivity contribution in [3.8, 4) is 0 Å². The molecule has 1 N–H and O–H groups in total. The van der Waals surface area contributed by atoms with Gasteiger partial charge in [-0.1, -0.05) is 11.6 Å². The Morgan fingerprint density at radius 2 is 2.22 bits per heavy atom. The molecule has 100 valence electrons. The summed E-state index contributed by atoms with van der Waals surface area (Å²) < 4.78 is 0. The van der Waals surface area contributed by atoms with Crippen LogP contribution in [0, 0.1) is 5.92 Å². The molecule has 1 aliphatic heterocycles. The number of aromatic nitrogens is 1. The number of nitrogens with zero attached hydrogens (tertiary/aromatic N) is 2. The van der Waals surface area contributed by atoms with Crippen LogP contribution >= 0.6 is 11.6 Å². The number of nitrogens with one attached hydrogen (secondary N) is 1. The molecule has 0 spiro atoms. The maximum Gasteiger partial charge on any atom is 0.0634 e. The molecule has 4 heteroatoms. The lowest BCUT2D eigenvalue weighted by Gasteiger charge is -2.32. The van der Waals surface area contributed by atoms with Gasteiger partial charge >= 0.3 is 0 Å². The lowest BCUT2D eigenvalue weighted by Crippen LogP contribution is -2.34. The number of halogens is 1. The van der Waals surface area contributed by atoms with Crippen LogP contribution in [-0.4, -0.2) is 36.6 Å². The first kappa shape index (κ1) is 13.8. The summed E-state index contributed by atoms with van der Waals surface area (Å²) in [5.41, 5.74) is 1.19. The van der Waals surface area contributed by atoms with Gasteiger partial charge in [-0.05, 0) is 63.5 Å². The average molecular weight is 268 g/mol. The summed E-state index contributed by atoms with van der Waals surface area (Å²) in [4.78, 5) is 6.52. The number of piperidine rings is 1. The smallest absolute Gasteiger partial charge is 0.0634 e. The molecule has 1 aromatic rings. The molecule has 0 saturated carbocycles. The van der Waals surface area contributed by atoms with Crippen LogP contribution in [-0.2, 0) is 6.54 Å². The van der Waals surface area contributed by atoms with Crippen molar-refractivity contribution in [1.82, 2.24) is 15.2 Å². The molecule has 2 rings (SSSR count). The third kappa shape index (κ3) is 3.94. The Bertz CT molecular complexity index is 362. The van der Waals surface area contributed by atoms with Gasteiger partial charge in [0.15, 0.2) is 0 Å². The SMILES string of the molecule is CNCCC1CCN(Cc2ccncc2Cl)CC1. The summed E-state index contributed by atoms with van der Waals surface area (Å²) in [6.45, 7) is 4.47. The van der Waals surface area contributed by atoms with Gasteiger partial charge in [-0.3, -0.25) is 9.88 Å². The summed E-state index contributed by atoms with van der Waals surface area (Å²) in [6, 6.07) is 2.02. The largest absolute Gasteiger partial charge is 0.320 e. The molecule has 0 aromatic carbocycles. The normalized spacial score (nSPS) is 18.1. The van der Waals surface area contributed by atoms with Crippen molar-refractivity contribution in [3.63, 3.8) is 0 Å². The van der Waals surface area contributed by atoms with E-state index in [4.69, 9.17) is 11.6 Å².